The largest absolute Gasteiger partial charge is 0.481 e. The van der Waals surface area contributed by atoms with Gasteiger partial charge in [-0.3, -0.25) is 9.69 Å². The Morgan fingerprint density at radius 3 is 2.94 bits per heavy atom. The highest BCUT2D eigenvalue weighted by molar-refractivity contribution is 5.70. The van der Waals surface area contributed by atoms with Crippen LogP contribution in [0.15, 0.2) is 24.3 Å². The van der Waals surface area contributed by atoms with Gasteiger partial charge >= 0.3 is 5.97 Å². The number of benzene rings is 1. The number of hydrogen-bond donors (Lipinski definition) is 2. The van der Waals surface area contributed by atoms with Gasteiger partial charge in [-0.15, -0.1) is 0 Å². The number of aryl methyl sites for hydroxylation is 1. The molecule has 0 aliphatic carbocycles. The van der Waals surface area contributed by atoms with Crippen LogP contribution >= 0.6 is 0 Å². The molecule has 1 aromatic rings. The van der Waals surface area contributed by atoms with Crippen molar-refractivity contribution < 1.29 is 9.90 Å². The van der Waals surface area contributed by atoms with Crippen molar-refractivity contribution in [2.75, 3.05) is 13.1 Å². The Morgan fingerprint density at radius 1 is 1.50 bits per heavy atom. The van der Waals surface area contributed by atoms with Crippen LogP contribution in [0.1, 0.15) is 17.5 Å². The summed E-state index contributed by atoms with van der Waals surface area (Å²) in [6.07, 6.45) is 0.583. The Balaban J connectivity index is 2.02. The van der Waals surface area contributed by atoms with E-state index in [1.807, 2.05) is 6.07 Å². The van der Waals surface area contributed by atoms with Crippen molar-refractivity contribution in [1.82, 2.24) is 4.90 Å². The fourth-order valence-corrected chi connectivity index (χ4v) is 2.61. The molecule has 0 amide bonds. The Labute approximate surface area is 107 Å². The van der Waals surface area contributed by atoms with Crippen molar-refractivity contribution in [1.29, 1.82) is 0 Å². The molecule has 1 fully saturated rings. The zero-order chi connectivity index (χ0) is 13.1. The minimum absolute atomic E-state index is 0.0374. The molecule has 98 valence electrons. The number of carbonyl (C=O) groups is 1. The third kappa shape index (κ3) is 3.31. The van der Waals surface area contributed by atoms with E-state index in [2.05, 4.69) is 30.0 Å². The second-order valence-corrected chi connectivity index (χ2v) is 5.21. The van der Waals surface area contributed by atoms with Crippen LogP contribution in [-0.4, -0.2) is 35.1 Å². The van der Waals surface area contributed by atoms with Crippen LogP contribution in [0.5, 0.6) is 0 Å². The molecule has 1 aliphatic rings. The number of likely N-dealkylation sites (tertiary alicyclic amines) is 1. The lowest BCUT2D eigenvalue weighted by Gasteiger charge is -2.34. The number of carboxylic acids is 1. The summed E-state index contributed by atoms with van der Waals surface area (Å²) in [5.74, 6) is -1.07. The van der Waals surface area contributed by atoms with E-state index < -0.39 is 5.97 Å². The number of nitrogens with two attached hydrogens (primary N) is 1. The summed E-state index contributed by atoms with van der Waals surface area (Å²) >= 11 is 0. The molecule has 2 unspecified atom stereocenters. The smallest absolute Gasteiger partial charge is 0.307 e. The van der Waals surface area contributed by atoms with E-state index in [0.29, 0.717) is 13.0 Å². The number of piperidine rings is 1. The molecule has 2 rings (SSSR count). The van der Waals surface area contributed by atoms with Gasteiger partial charge in [0.15, 0.2) is 0 Å². The molecule has 1 aliphatic heterocycles. The first-order valence-electron chi connectivity index (χ1n) is 6.31. The summed E-state index contributed by atoms with van der Waals surface area (Å²) in [5, 5.41) is 9.10. The molecule has 0 spiro atoms. The third-order valence-corrected chi connectivity index (χ3v) is 3.40. The number of rotatable bonds is 3. The molecule has 1 aromatic carbocycles. The van der Waals surface area contributed by atoms with Crippen molar-refractivity contribution in [2.24, 2.45) is 11.7 Å². The zero-order valence-electron chi connectivity index (χ0n) is 10.7. The van der Waals surface area contributed by atoms with Crippen LogP contribution < -0.4 is 5.73 Å². The highest BCUT2D eigenvalue weighted by Gasteiger charge is 2.29. The summed E-state index contributed by atoms with van der Waals surface area (Å²) in [7, 11) is 0. The molecule has 18 heavy (non-hydrogen) atoms. The molecular formula is C14H20N2O2. The lowest BCUT2D eigenvalue weighted by molar-refractivity contribution is -0.144. The molecule has 1 heterocycles. The van der Waals surface area contributed by atoms with Crippen molar-refractivity contribution >= 4 is 5.97 Å². The normalized spacial score (nSPS) is 25.0. The maximum absolute atomic E-state index is 11.1. The second kappa shape index (κ2) is 5.50. The lowest BCUT2D eigenvalue weighted by atomic mass is 9.94. The first-order valence-corrected chi connectivity index (χ1v) is 6.31. The van der Waals surface area contributed by atoms with Crippen molar-refractivity contribution in [2.45, 2.75) is 25.9 Å². The molecule has 2 atom stereocenters. The van der Waals surface area contributed by atoms with Gasteiger partial charge in [0.05, 0.1) is 5.92 Å². The van der Waals surface area contributed by atoms with Gasteiger partial charge in [-0.25, -0.2) is 0 Å². The second-order valence-electron chi connectivity index (χ2n) is 5.21. The van der Waals surface area contributed by atoms with Crippen LogP contribution in [0.2, 0.25) is 0 Å². The number of nitrogens with zero attached hydrogens (tertiary/aromatic N) is 1. The SMILES string of the molecule is Cc1cccc(CN2CC(N)CC(C(=O)O)C2)c1. The lowest BCUT2D eigenvalue weighted by Crippen LogP contribution is -2.48. The van der Waals surface area contributed by atoms with E-state index in [1.165, 1.54) is 11.1 Å². The minimum atomic E-state index is -0.737. The third-order valence-electron chi connectivity index (χ3n) is 3.40. The van der Waals surface area contributed by atoms with Crippen molar-refractivity contribution in [3.05, 3.63) is 35.4 Å². The van der Waals surface area contributed by atoms with Gasteiger partial charge in [-0.2, -0.15) is 0 Å². The van der Waals surface area contributed by atoms with E-state index in [1.54, 1.807) is 0 Å². The molecule has 3 N–H and O–H groups in total. The Hall–Kier alpha value is -1.39. The molecular weight excluding hydrogens is 228 g/mol. The number of carboxylic acid groups (broad SMARTS) is 1. The van der Waals surface area contributed by atoms with Crippen LogP contribution in [0.4, 0.5) is 0 Å². The topological polar surface area (TPSA) is 66.6 Å². The predicted molar refractivity (Wildman–Crippen MR) is 70.2 cm³/mol. The Kier molecular flexibility index (Phi) is 3.99. The summed E-state index contributed by atoms with van der Waals surface area (Å²) < 4.78 is 0. The zero-order valence-corrected chi connectivity index (χ0v) is 10.7. The van der Waals surface area contributed by atoms with E-state index in [-0.39, 0.29) is 12.0 Å². The molecule has 1 saturated heterocycles. The highest BCUT2D eigenvalue weighted by atomic mass is 16.4. The number of aliphatic carboxylic acids is 1. The average Bonchev–Trinajstić information content (AvgIpc) is 2.28. The Morgan fingerprint density at radius 2 is 2.28 bits per heavy atom. The van der Waals surface area contributed by atoms with Crippen LogP contribution in [0.3, 0.4) is 0 Å². The van der Waals surface area contributed by atoms with Gasteiger partial charge in [-0.1, -0.05) is 29.8 Å². The highest BCUT2D eigenvalue weighted by Crippen LogP contribution is 2.18. The van der Waals surface area contributed by atoms with Gasteiger partial charge in [0.25, 0.3) is 0 Å². The van der Waals surface area contributed by atoms with Gasteiger partial charge in [0.1, 0.15) is 0 Å². The van der Waals surface area contributed by atoms with Crippen LogP contribution in [0, 0.1) is 12.8 Å². The van der Waals surface area contributed by atoms with Crippen LogP contribution in [-0.2, 0) is 11.3 Å². The molecule has 0 bridgehead atoms. The summed E-state index contributed by atoms with van der Waals surface area (Å²) in [6.45, 7) is 4.21. The summed E-state index contributed by atoms with van der Waals surface area (Å²) in [6, 6.07) is 8.26. The van der Waals surface area contributed by atoms with Crippen LogP contribution in [0.25, 0.3) is 0 Å². The monoisotopic (exact) mass is 248 g/mol. The van der Waals surface area contributed by atoms with E-state index in [4.69, 9.17) is 10.8 Å². The van der Waals surface area contributed by atoms with E-state index in [0.717, 1.165) is 13.1 Å². The maximum atomic E-state index is 11.1. The standard InChI is InChI=1S/C14H20N2O2/c1-10-3-2-4-11(5-10)7-16-8-12(14(17)18)6-13(15)9-16/h2-5,12-13H,6-9,15H2,1H3,(H,17,18). The summed E-state index contributed by atoms with van der Waals surface area (Å²) in [5.41, 5.74) is 8.37. The quantitative estimate of drug-likeness (QED) is 0.844. The molecule has 0 saturated carbocycles. The average molecular weight is 248 g/mol. The molecule has 0 aromatic heterocycles. The minimum Gasteiger partial charge on any atom is -0.481 e. The molecule has 4 heteroatoms. The maximum Gasteiger partial charge on any atom is 0.307 e. The van der Waals surface area contributed by atoms with Gasteiger partial charge in [-0.05, 0) is 18.9 Å². The van der Waals surface area contributed by atoms with Gasteiger partial charge < -0.3 is 10.8 Å². The Bertz CT molecular complexity index is 434. The van der Waals surface area contributed by atoms with Gasteiger partial charge in [0, 0.05) is 25.7 Å². The first kappa shape index (κ1) is 13.1. The summed E-state index contributed by atoms with van der Waals surface area (Å²) in [4.78, 5) is 13.2. The fourth-order valence-electron chi connectivity index (χ4n) is 2.61. The number of hydrogen-bond acceptors (Lipinski definition) is 3. The van der Waals surface area contributed by atoms with E-state index in [9.17, 15) is 4.79 Å². The first-order chi connectivity index (χ1) is 8.54. The predicted octanol–water partition coefficient (Wildman–Crippen LogP) is 1.23. The molecule has 4 nitrogen and oxygen atoms in total. The fraction of sp³-hybridized carbons (Fsp3) is 0.500. The molecule has 0 radical (unpaired) electrons. The van der Waals surface area contributed by atoms with Gasteiger partial charge in [0.2, 0.25) is 0 Å². The van der Waals surface area contributed by atoms with E-state index >= 15 is 0 Å². The van der Waals surface area contributed by atoms with Crippen molar-refractivity contribution in [3.8, 4) is 0 Å². The van der Waals surface area contributed by atoms with Crippen molar-refractivity contribution in [3.63, 3.8) is 0 Å².